The van der Waals surface area contributed by atoms with Crippen molar-refractivity contribution in [3.63, 3.8) is 0 Å². The van der Waals surface area contributed by atoms with Gasteiger partial charge in [0.05, 0.1) is 12.2 Å². The summed E-state index contributed by atoms with van der Waals surface area (Å²) in [4.78, 5) is 26.5. The lowest BCUT2D eigenvalue weighted by Crippen LogP contribution is -2.46. The molecule has 6 heteroatoms. The minimum Gasteiger partial charge on any atom is -0.494 e. The topological polar surface area (TPSA) is 67.9 Å². The number of hydrogen-bond acceptors (Lipinski definition) is 4. The molecular weight excluding hydrogens is 344 g/mol. The van der Waals surface area contributed by atoms with Crippen LogP contribution in [0.1, 0.15) is 35.7 Å². The van der Waals surface area contributed by atoms with Crippen LogP contribution in [-0.4, -0.2) is 36.6 Å². The molecule has 0 radical (unpaired) electrons. The monoisotopic (exact) mass is 366 g/mol. The molecule has 2 aliphatic rings. The fraction of sp³-hybridized carbons (Fsp3) is 0.333. The third kappa shape index (κ3) is 3.23. The quantitative estimate of drug-likeness (QED) is 0.840. The molecule has 2 heterocycles. The molecule has 0 aliphatic carbocycles. The number of ether oxygens (including phenoxy) is 2. The molecule has 140 valence electrons. The van der Waals surface area contributed by atoms with Gasteiger partial charge in [0.2, 0.25) is 0 Å². The Kier molecular flexibility index (Phi) is 4.48. The van der Waals surface area contributed by atoms with Gasteiger partial charge in [-0.05, 0) is 37.3 Å². The van der Waals surface area contributed by atoms with E-state index >= 15 is 0 Å². The third-order valence-corrected chi connectivity index (χ3v) is 5.20. The van der Waals surface area contributed by atoms with E-state index in [9.17, 15) is 9.59 Å². The van der Waals surface area contributed by atoms with Crippen molar-refractivity contribution in [2.45, 2.75) is 25.4 Å². The van der Waals surface area contributed by atoms with Crippen LogP contribution >= 0.6 is 0 Å². The van der Waals surface area contributed by atoms with Gasteiger partial charge in [-0.3, -0.25) is 0 Å². The number of rotatable bonds is 3. The second kappa shape index (κ2) is 6.95. The van der Waals surface area contributed by atoms with Crippen molar-refractivity contribution in [2.75, 3.05) is 25.0 Å². The Morgan fingerprint density at radius 1 is 1.15 bits per heavy atom. The molecule has 1 N–H and O–H groups in total. The van der Waals surface area contributed by atoms with Crippen molar-refractivity contribution >= 4 is 17.7 Å². The fourth-order valence-electron chi connectivity index (χ4n) is 3.79. The molecule has 2 aromatic carbocycles. The number of benzene rings is 2. The number of carbonyl (C=O) groups excluding carboxylic acids is 2. The molecule has 0 unspecified atom stereocenters. The summed E-state index contributed by atoms with van der Waals surface area (Å²) in [5, 5.41) is 2.91. The van der Waals surface area contributed by atoms with Crippen molar-refractivity contribution in [3.8, 4) is 5.75 Å². The average molecular weight is 366 g/mol. The average Bonchev–Trinajstić information content (AvgIpc) is 2.96. The first-order valence-corrected chi connectivity index (χ1v) is 9.23. The fourth-order valence-corrected chi connectivity index (χ4v) is 3.79. The number of hydrogen-bond donors (Lipinski definition) is 1. The number of carbonyl (C=O) groups is 2. The highest BCUT2D eigenvalue weighted by molar-refractivity contribution is 5.95. The van der Waals surface area contributed by atoms with Crippen LogP contribution in [0.2, 0.25) is 0 Å². The molecular formula is C21H22N2O4. The van der Waals surface area contributed by atoms with Crippen LogP contribution < -0.4 is 10.1 Å². The van der Waals surface area contributed by atoms with Gasteiger partial charge in [-0.2, -0.15) is 0 Å². The van der Waals surface area contributed by atoms with Gasteiger partial charge >= 0.3 is 12.0 Å². The van der Waals surface area contributed by atoms with Gasteiger partial charge < -0.3 is 19.7 Å². The summed E-state index contributed by atoms with van der Waals surface area (Å²) in [5.41, 5.74) is 1.72. The van der Waals surface area contributed by atoms with Crippen LogP contribution in [0.3, 0.4) is 0 Å². The zero-order valence-corrected chi connectivity index (χ0v) is 15.2. The first-order chi connectivity index (χ1) is 13.1. The first-order valence-electron chi connectivity index (χ1n) is 9.23. The maximum atomic E-state index is 12.6. The molecule has 1 spiro atoms. The summed E-state index contributed by atoms with van der Waals surface area (Å²) < 4.78 is 11.1. The highest BCUT2D eigenvalue weighted by atomic mass is 16.6. The van der Waals surface area contributed by atoms with Crippen molar-refractivity contribution in [1.29, 1.82) is 0 Å². The van der Waals surface area contributed by atoms with Gasteiger partial charge in [-0.1, -0.05) is 18.2 Å². The van der Waals surface area contributed by atoms with Gasteiger partial charge in [-0.15, -0.1) is 0 Å². The summed E-state index contributed by atoms with van der Waals surface area (Å²) in [6, 6.07) is 14.7. The minimum absolute atomic E-state index is 0.147. The van der Waals surface area contributed by atoms with E-state index in [1.807, 2.05) is 49.4 Å². The summed E-state index contributed by atoms with van der Waals surface area (Å²) in [7, 11) is 0. The molecule has 27 heavy (non-hydrogen) atoms. The Morgan fingerprint density at radius 2 is 1.85 bits per heavy atom. The van der Waals surface area contributed by atoms with Gasteiger partial charge in [0.25, 0.3) is 0 Å². The maximum Gasteiger partial charge on any atom is 0.339 e. The van der Waals surface area contributed by atoms with Crippen LogP contribution in [0, 0.1) is 0 Å². The summed E-state index contributed by atoms with van der Waals surface area (Å²) >= 11 is 0. The predicted molar refractivity (Wildman–Crippen MR) is 101 cm³/mol. The summed E-state index contributed by atoms with van der Waals surface area (Å²) in [6.45, 7) is 3.60. The lowest BCUT2D eigenvalue weighted by molar-refractivity contribution is -0.0363. The molecule has 1 saturated heterocycles. The number of nitrogens with one attached hydrogen (secondary N) is 1. The van der Waals surface area contributed by atoms with Crippen LogP contribution in [0.25, 0.3) is 0 Å². The molecule has 0 aromatic heterocycles. The molecule has 2 aliphatic heterocycles. The van der Waals surface area contributed by atoms with E-state index in [1.54, 1.807) is 11.0 Å². The zero-order valence-electron chi connectivity index (χ0n) is 15.2. The highest BCUT2D eigenvalue weighted by Gasteiger charge is 2.47. The second-order valence-electron chi connectivity index (χ2n) is 6.80. The molecule has 2 amide bonds. The highest BCUT2D eigenvalue weighted by Crippen LogP contribution is 2.43. The number of nitrogens with zero attached hydrogens (tertiary/aromatic N) is 1. The van der Waals surface area contributed by atoms with E-state index in [0.29, 0.717) is 38.1 Å². The van der Waals surface area contributed by atoms with Gasteiger partial charge in [0, 0.05) is 37.2 Å². The van der Waals surface area contributed by atoms with Crippen LogP contribution in [0.15, 0.2) is 48.5 Å². The number of piperidine rings is 1. The SMILES string of the molecule is CCOc1ccc(NC(=O)N2CCC3(CC2)OC(=O)c2ccccc23)cc1. The van der Waals surface area contributed by atoms with Crippen molar-refractivity contribution in [2.24, 2.45) is 0 Å². The molecule has 2 aromatic rings. The largest absolute Gasteiger partial charge is 0.494 e. The summed E-state index contributed by atoms with van der Waals surface area (Å²) in [5.74, 6) is 0.509. The molecule has 0 saturated carbocycles. The normalized spacial score (nSPS) is 17.4. The van der Waals surface area contributed by atoms with Gasteiger partial charge in [0.15, 0.2) is 0 Å². The Hall–Kier alpha value is -3.02. The van der Waals surface area contributed by atoms with E-state index in [-0.39, 0.29) is 12.0 Å². The minimum atomic E-state index is -0.594. The number of esters is 1. The number of fused-ring (bicyclic) bond motifs is 2. The van der Waals surface area contributed by atoms with E-state index in [1.165, 1.54) is 0 Å². The molecule has 6 nitrogen and oxygen atoms in total. The van der Waals surface area contributed by atoms with E-state index in [2.05, 4.69) is 5.32 Å². The molecule has 0 atom stereocenters. The predicted octanol–water partition coefficient (Wildman–Crippen LogP) is 3.78. The Labute approximate surface area is 158 Å². The lowest BCUT2D eigenvalue weighted by atomic mass is 9.84. The molecule has 0 bridgehead atoms. The Bertz CT molecular complexity index is 855. The van der Waals surface area contributed by atoms with E-state index in [4.69, 9.17) is 9.47 Å². The van der Waals surface area contributed by atoms with Crippen molar-refractivity contribution < 1.29 is 19.1 Å². The molecule has 4 rings (SSSR count). The van der Waals surface area contributed by atoms with E-state index in [0.717, 1.165) is 17.0 Å². The van der Waals surface area contributed by atoms with E-state index < -0.39 is 5.60 Å². The Morgan fingerprint density at radius 3 is 2.56 bits per heavy atom. The number of amides is 2. The van der Waals surface area contributed by atoms with Crippen molar-refractivity contribution in [1.82, 2.24) is 4.90 Å². The smallest absolute Gasteiger partial charge is 0.339 e. The van der Waals surface area contributed by atoms with Crippen LogP contribution in [0.5, 0.6) is 5.75 Å². The first kappa shape index (κ1) is 17.4. The van der Waals surface area contributed by atoms with Crippen LogP contribution in [0.4, 0.5) is 10.5 Å². The third-order valence-electron chi connectivity index (χ3n) is 5.20. The second-order valence-corrected chi connectivity index (χ2v) is 6.80. The van der Waals surface area contributed by atoms with Crippen LogP contribution in [-0.2, 0) is 10.3 Å². The standard InChI is InChI=1S/C21H22N2O4/c1-2-26-16-9-7-15(8-10-16)22-20(25)23-13-11-21(12-14-23)18-6-4-3-5-17(18)19(24)27-21/h3-10H,2,11-14H2,1H3,(H,22,25). The van der Waals surface area contributed by atoms with Crippen molar-refractivity contribution in [3.05, 3.63) is 59.7 Å². The number of anilines is 1. The summed E-state index contributed by atoms with van der Waals surface area (Å²) in [6.07, 6.45) is 1.21. The Balaban J connectivity index is 1.39. The van der Waals surface area contributed by atoms with Gasteiger partial charge in [-0.25, -0.2) is 9.59 Å². The maximum absolute atomic E-state index is 12.6. The zero-order chi connectivity index (χ0) is 18.9. The number of likely N-dealkylation sites (tertiary alicyclic amines) is 1. The van der Waals surface area contributed by atoms with Gasteiger partial charge in [0.1, 0.15) is 11.4 Å². The molecule has 1 fully saturated rings. The number of urea groups is 1. The lowest BCUT2D eigenvalue weighted by Gasteiger charge is -2.38.